The van der Waals surface area contributed by atoms with E-state index < -0.39 is 4.92 Å². The van der Waals surface area contributed by atoms with Gasteiger partial charge in [-0.15, -0.1) is 0 Å². The van der Waals surface area contributed by atoms with Crippen LogP contribution in [0.5, 0.6) is 0 Å². The molecular weight excluding hydrogens is 282 g/mol. The predicted molar refractivity (Wildman–Crippen MR) is 87.0 cm³/mol. The quantitative estimate of drug-likeness (QED) is 0.646. The molecule has 0 bridgehead atoms. The van der Waals surface area contributed by atoms with Gasteiger partial charge in [0.25, 0.3) is 0 Å². The molecule has 0 aromatic carbocycles. The van der Waals surface area contributed by atoms with Crippen molar-refractivity contribution in [3.63, 3.8) is 0 Å². The van der Waals surface area contributed by atoms with Crippen LogP contribution in [0.4, 0.5) is 11.6 Å². The normalized spacial score (nSPS) is 18.2. The van der Waals surface area contributed by atoms with Gasteiger partial charge in [-0.05, 0) is 41.8 Å². The van der Waals surface area contributed by atoms with Crippen LogP contribution in [0.25, 0.3) is 0 Å². The number of rotatable bonds is 6. The molecule has 1 aliphatic heterocycles. The molecule has 1 saturated heterocycles. The lowest BCUT2D eigenvalue weighted by Crippen LogP contribution is -2.44. The zero-order valence-electron chi connectivity index (χ0n) is 13.8. The van der Waals surface area contributed by atoms with Crippen molar-refractivity contribution in [2.75, 3.05) is 25.0 Å². The first-order chi connectivity index (χ1) is 10.5. The van der Waals surface area contributed by atoms with Gasteiger partial charge in [0, 0.05) is 19.6 Å². The van der Waals surface area contributed by atoms with Gasteiger partial charge in [-0.2, -0.15) is 0 Å². The van der Waals surface area contributed by atoms with Gasteiger partial charge in [0.15, 0.2) is 0 Å². The predicted octanol–water partition coefficient (Wildman–Crippen LogP) is 2.64. The minimum absolute atomic E-state index is 0.0964. The minimum atomic E-state index is -0.432. The number of imidazole rings is 1. The van der Waals surface area contributed by atoms with E-state index >= 15 is 0 Å². The van der Waals surface area contributed by atoms with Crippen LogP contribution in [0.1, 0.15) is 39.5 Å². The lowest BCUT2D eigenvalue weighted by molar-refractivity contribution is -0.388. The lowest BCUT2D eigenvalue weighted by Gasteiger charge is -2.33. The second-order valence-electron chi connectivity index (χ2n) is 6.43. The van der Waals surface area contributed by atoms with E-state index in [1.807, 2.05) is 0 Å². The van der Waals surface area contributed by atoms with E-state index in [1.54, 1.807) is 11.6 Å². The third-order valence-electron chi connectivity index (χ3n) is 4.45. The van der Waals surface area contributed by atoms with E-state index in [-0.39, 0.29) is 5.82 Å². The molecule has 0 amide bonds. The van der Waals surface area contributed by atoms with Crippen molar-refractivity contribution in [1.29, 1.82) is 0 Å². The number of aromatic nitrogens is 2. The molecule has 22 heavy (non-hydrogen) atoms. The first-order valence-corrected chi connectivity index (χ1v) is 8.14. The monoisotopic (exact) mass is 309 g/mol. The molecule has 1 atom stereocenters. The Hall–Kier alpha value is -1.63. The maximum Gasteiger partial charge on any atom is 0.406 e. The number of nitrogens with zero attached hydrogens (tertiary/aromatic N) is 4. The van der Waals surface area contributed by atoms with Gasteiger partial charge in [0.1, 0.15) is 0 Å². The van der Waals surface area contributed by atoms with Gasteiger partial charge in [-0.1, -0.05) is 26.7 Å². The Balaban J connectivity index is 2.05. The fourth-order valence-electron chi connectivity index (χ4n) is 3.17. The van der Waals surface area contributed by atoms with Crippen molar-refractivity contribution >= 4 is 11.6 Å². The second-order valence-corrected chi connectivity index (χ2v) is 6.43. The molecule has 0 radical (unpaired) electrons. The number of anilines is 1. The average molecular weight is 309 g/mol. The summed E-state index contributed by atoms with van der Waals surface area (Å²) in [5, 5.41) is 14.3. The van der Waals surface area contributed by atoms with E-state index in [9.17, 15) is 10.1 Å². The molecule has 7 nitrogen and oxygen atoms in total. The Morgan fingerprint density at radius 2 is 1.95 bits per heavy atom. The van der Waals surface area contributed by atoms with Gasteiger partial charge in [-0.3, -0.25) is 9.47 Å². The van der Waals surface area contributed by atoms with Crippen LogP contribution < -0.4 is 5.32 Å². The van der Waals surface area contributed by atoms with Crippen LogP contribution in [0.2, 0.25) is 0 Å². The molecule has 0 spiro atoms. The Bertz CT molecular complexity index is 492. The highest BCUT2D eigenvalue weighted by molar-refractivity contribution is 5.52. The van der Waals surface area contributed by atoms with Crippen LogP contribution in [0.3, 0.4) is 0 Å². The van der Waals surface area contributed by atoms with Crippen molar-refractivity contribution in [2.24, 2.45) is 13.0 Å². The Morgan fingerprint density at radius 1 is 1.32 bits per heavy atom. The zero-order chi connectivity index (χ0) is 16.1. The van der Waals surface area contributed by atoms with Crippen molar-refractivity contribution < 1.29 is 4.92 Å². The highest BCUT2D eigenvalue weighted by Gasteiger charge is 2.25. The van der Waals surface area contributed by atoms with Gasteiger partial charge < -0.3 is 15.4 Å². The third-order valence-corrected chi connectivity index (χ3v) is 4.45. The van der Waals surface area contributed by atoms with E-state index in [0.717, 1.165) is 13.1 Å². The molecular formula is C15H27N5O2. The van der Waals surface area contributed by atoms with Crippen molar-refractivity contribution in [3.8, 4) is 0 Å². The zero-order valence-corrected chi connectivity index (χ0v) is 13.8. The molecule has 124 valence electrons. The van der Waals surface area contributed by atoms with Crippen molar-refractivity contribution in [3.05, 3.63) is 16.4 Å². The second kappa shape index (κ2) is 7.58. The molecule has 2 heterocycles. The number of hydrogen-bond donors (Lipinski definition) is 1. The first kappa shape index (κ1) is 16.7. The average Bonchev–Trinajstić information content (AvgIpc) is 2.67. The Labute approximate surface area is 131 Å². The van der Waals surface area contributed by atoms with Gasteiger partial charge in [0.05, 0.1) is 0 Å². The Morgan fingerprint density at radius 3 is 2.50 bits per heavy atom. The number of hydrogen-bond acceptors (Lipinski definition) is 5. The highest BCUT2D eigenvalue weighted by atomic mass is 16.6. The molecule has 1 fully saturated rings. The number of nitrogens with one attached hydrogen (secondary N) is 1. The summed E-state index contributed by atoms with van der Waals surface area (Å²) < 4.78 is 1.68. The van der Waals surface area contributed by atoms with Crippen LogP contribution in [0.15, 0.2) is 6.33 Å². The summed E-state index contributed by atoms with van der Waals surface area (Å²) in [4.78, 5) is 17.0. The number of aryl methyl sites for hydroxylation is 1. The smallest absolute Gasteiger partial charge is 0.363 e. The van der Waals surface area contributed by atoms with Crippen LogP contribution >= 0.6 is 0 Å². The molecule has 0 unspecified atom stereocenters. The first-order valence-electron chi connectivity index (χ1n) is 8.14. The van der Waals surface area contributed by atoms with Crippen molar-refractivity contribution in [1.82, 2.24) is 14.5 Å². The van der Waals surface area contributed by atoms with Crippen LogP contribution in [-0.4, -0.2) is 45.1 Å². The van der Waals surface area contributed by atoms with E-state index in [0.29, 0.717) is 24.3 Å². The number of likely N-dealkylation sites (tertiary alicyclic amines) is 1. The van der Waals surface area contributed by atoms with Crippen molar-refractivity contribution in [2.45, 2.75) is 45.6 Å². The summed E-state index contributed by atoms with van der Waals surface area (Å²) in [6, 6.07) is 0.382. The Kier molecular flexibility index (Phi) is 5.76. The lowest BCUT2D eigenvalue weighted by atomic mass is 10.0. The summed E-state index contributed by atoms with van der Waals surface area (Å²) in [7, 11) is 1.78. The van der Waals surface area contributed by atoms with Gasteiger partial charge in [-0.25, -0.2) is 0 Å². The molecule has 1 aliphatic rings. The largest absolute Gasteiger partial charge is 0.406 e. The number of nitro groups is 1. The van der Waals surface area contributed by atoms with E-state index in [1.165, 1.54) is 32.0 Å². The molecule has 0 saturated carbocycles. The molecule has 7 heteroatoms. The van der Waals surface area contributed by atoms with Gasteiger partial charge >= 0.3 is 5.82 Å². The third kappa shape index (κ3) is 3.97. The molecule has 0 aliphatic carbocycles. The van der Waals surface area contributed by atoms with Crippen LogP contribution in [-0.2, 0) is 7.05 Å². The van der Waals surface area contributed by atoms with E-state index in [4.69, 9.17) is 0 Å². The summed E-state index contributed by atoms with van der Waals surface area (Å²) in [6.07, 6.45) is 6.59. The van der Waals surface area contributed by atoms with E-state index in [2.05, 4.69) is 29.0 Å². The maximum absolute atomic E-state index is 11.0. The van der Waals surface area contributed by atoms with Crippen LogP contribution in [0, 0.1) is 16.0 Å². The summed E-state index contributed by atoms with van der Waals surface area (Å²) in [6.45, 7) is 7.39. The molecule has 1 aromatic rings. The standard InChI is InChI=1S/C15H27N5O2/c1-12(2)13(19-8-6-4-5-7-9-19)10-16-14-15(20(21)22)17-11-18(14)3/h11-13,16H,4-10H2,1-3H3/t13-/m0/s1. The molecule has 2 rings (SSSR count). The summed E-state index contributed by atoms with van der Waals surface area (Å²) in [5.74, 6) is 0.893. The summed E-state index contributed by atoms with van der Waals surface area (Å²) in [5.41, 5.74) is 0. The fourth-order valence-corrected chi connectivity index (χ4v) is 3.17. The fraction of sp³-hybridized carbons (Fsp3) is 0.800. The highest BCUT2D eigenvalue weighted by Crippen LogP contribution is 2.23. The summed E-state index contributed by atoms with van der Waals surface area (Å²) >= 11 is 0. The molecule has 1 N–H and O–H groups in total. The maximum atomic E-state index is 11.0. The molecule has 1 aromatic heterocycles. The topological polar surface area (TPSA) is 76.2 Å². The van der Waals surface area contributed by atoms with Gasteiger partial charge in [0.2, 0.25) is 12.1 Å². The minimum Gasteiger partial charge on any atom is -0.363 e. The SMILES string of the molecule is CC(C)[C@H](CNc1c([N+](=O)[O-])ncn1C)N1CCCCCC1.